The van der Waals surface area contributed by atoms with Crippen LogP contribution in [0.4, 0.5) is 0 Å². The van der Waals surface area contributed by atoms with E-state index in [1.54, 1.807) is 0 Å². The van der Waals surface area contributed by atoms with Crippen molar-refractivity contribution in [1.29, 1.82) is 0 Å². The Labute approximate surface area is 99.2 Å². The summed E-state index contributed by atoms with van der Waals surface area (Å²) in [6.45, 7) is 3.98. The summed E-state index contributed by atoms with van der Waals surface area (Å²) in [7, 11) is 1.32. The van der Waals surface area contributed by atoms with Gasteiger partial charge in [-0.3, -0.25) is 0 Å². The van der Waals surface area contributed by atoms with Gasteiger partial charge in [-0.2, -0.15) is 0 Å². The van der Waals surface area contributed by atoms with Gasteiger partial charge in [0.05, 0.1) is 7.11 Å². The molecule has 0 N–H and O–H groups in total. The molecule has 4 nitrogen and oxygen atoms in total. The van der Waals surface area contributed by atoms with Crippen molar-refractivity contribution in [2.45, 2.75) is 13.8 Å². The molecule has 1 aromatic carbocycles. The SMILES string of the molecule is COC(=O)c1ncoc1-c1ccc(C)cc1C. The summed E-state index contributed by atoms with van der Waals surface area (Å²) in [5, 5.41) is 0. The minimum absolute atomic E-state index is 0.208. The predicted octanol–water partition coefficient (Wildman–Crippen LogP) is 2.75. The Hall–Kier alpha value is -2.10. The van der Waals surface area contributed by atoms with Crippen molar-refractivity contribution in [3.05, 3.63) is 41.4 Å². The van der Waals surface area contributed by atoms with E-state index in [2.05, 4.69) is 9.72 Å². The first-order valence-corrected chi connectivity index (χ1v) is 5.23. The van der Waals surface area contributed by atoms with Crippen LogP contribution in [0.3, 0.4) is 0 Å². The van der Waals surface area contributed by atoms with Crippen molar-refractivity contribution >= 4 is 5.97 Å². The summed E-state index contributed by atoms with van der Waals surface area (Å²) in [5.41, 5.74) is 3.25. The Kier molecular flexibility index (Phi) is 2.95. The second kappa shape index (κ2) is 4.41. The number of benzene rings is 1. The van der Waals surface area contributed by atoms with Crippen molar-refractivity contribution in [3.8, 4) is 11.3 Å². The molecule has 2 aromatic rings. The number of carbonyl (C=O) groups excluding carboxylic acids is 1. The molecule has 0 radical (unpaired) electrons. The highest BCUT2D eigenvalue weighted by Crippen LogP contribution is 2.27. The van der Waals surface area contributed by atoms with Crippen LogP contribution in [0.15, 0.2) is 29.0 Å². The number of aryl methyl sites for hydroxylation is 2. The maximum absolute atomic E-state index is 11.5. The molecule has 0 atom stereocenters. The summed E-state index contributed by atoms with van der Waals surface area (Å²) < 4.78 is 9.94. The number of aromatic nitrogens is 1. The Balaban J connectivity index is 2.53. The molecule has 1 aromatic heterocycles. The first-order valence-electron chi connectivity index (χ1n) is 5.23. The first kappa shape index (κ1) is 11.4. The Morgan fingerprint density at radius 2 is 2.12 bits per heavy atom. The average molecular weight is 231 g/mol. The van der Waals surface area contributed by atoms with Crippen LogP contribution in [-0.4, -0.2) is 18.1 Å². The zero-order valence-corrected chi connectivity index (χ0v) is 9.98. The number of esters is 1. The van der Waals surface area contributed by atoms with Gasteiger partial charge in [-0.1, -0.05) is 23.8 Å². The monoisotopic (exact) mass is 231 g/mol. The van der Waals surface area contributed by atoms with Gasteiger partial charge in [0.2, 0.25) is 0 Å². The standard InChI is InChI=1S/C13H13NO3/c1-8-4-5-10(9(2)6-8)12-11(13(15)16-3)14-7-17-12/h4-7H,1-3H3. The first-order chi connectivity index (χ1) is 8.13. The molecule has 0 spiro atoms. The molecule has 1 heterocycles. The van der Waals surface area contributed by atoms with Crippen LogP contribution in [0, 0.1) is 13.8 Å². The molecule has 88 valence electrons. The highest BCUT2D eigenvalue weighted by Gasteiger charge is 2.19. The number of oxazole rings is 1. The van der Waals surface area contributed by atoms with Gasteiger partial charge < -0.3 is 9.15 Å². The Bertz CT molecular complexity index is 558. The fourth-order valence-electron chi connectivity index (χ4n) is 1.75. The van der Waals surface area contributed by atoms with Crippen LogP contribution in [0.5, 0.6) is 0 Å². The van der Waals surface area contributed by atoms with Gasteiger partial charge in [0.15, 0.2) is 17.8 Å². The lowest BCUT2D eigenvalue weighted by Crippen LogP contribution is -2.03. The quantitative estimate of drug-likeness (QED) is 0.746. The van der Waals surface area contributed by atoms with E-state index in [0.29, 0.717) is 5.76 Å². The molecule has 0 amide bonds. The van der Waals surface area contributed by atoms with E-state index in [1.807, 2.05) is 32.0 Å². The Morgan fingerprint density at radius 3 is 2.76 bits per heavy atom. The molecule has 17 heavy (non-hydrogen) atoms. The number of hydrogen-bond donors (Lipinski definition) is 0. The second-order valence-corrected chi connectivity index (χ2v) is 3.84. The van der Waals surface area contributed by atoms with Gasteiger partial charge in [-0.05, 0) is 19.4 Å². The largest absolute Gasteiger partial charge is 0.464 e. The highest BCUT2D eigenvalue weighted by molar-refractivity contribution is 5.93. The predicted molar refractivity (Wildman–Crippen MR) is 62.8 cm³/mol. The second-order valence-electron chi connectivity index (χ2n) is 3.84. The van der Waals surface area contributed by atoms with Crippen molar-refractivity contribution < 1.29 is 13.9 Å². The zero-order chi connectivity index (χ0) is 12.4. The number of rotatable bonds is 2. The summed E-state index contributed by atoms with van der Waals surface area (Å²) >= 11 is 0. The Morgan fingerprint density at radius 1 is 1.35 bits per heavy atom. The lowest BCUT2D eigenvalue weighted by atomic mass is 10.0. The molecular weight excluding hydrogens is 218 g/mol. The molecule has 0 bridgehead atoms. The topological polar surface area (TPSA) is 52.3 Å². The van der Waals surface area contributed by atoms with E-state index in [0.717, 1.165) is 16.7 Å². The van der Waals surface area contributed by atoms with E-state index in [9.17, 15) is 4.79 Å². The summed E-state index contributed by atoms with van der Waals surface area (Å²) in [4.78, 5) is 15.4. The fraction of sp³-hybridized carbons (Fsp3) is 0.231. The van der Waals surface area contributed by atoms with Crippen LogP contribution in [-0.2, 0) is 4.74 Å². The van der Waals surface area contributed by atoms with Crippen molar-refractivity contribution in [3.63, 3.8) is 0 Å². The summed E-state index contributed by atoms with van der Waals surface area (Å²) in [5.74, 6) is -0.0388. The van der Waals surface area contributed by atoms with Gasteiger partial charge in [0, 0.05) is 5.56 Å². The maximum Gasteiger partial charge on any atom is 0.360 e. The molecule has 0 aliphatic carbocycles. The zero-order valence-electron chi connectivity index (χ0n) is 9.98. The molecule has 0 fully saturated rings. The van der Waals surface area contributed by atoms with Gasteiger partial charge in [-0.15, -0.1) is 0 Å². The molecule has 4 heteroatoms. The van der Waals surface area contributed by atoms with Crippen molar-refractivity contribution in [1.82, 2.24) is 4.98 Å². The van der Waals surface area contributed by atoms with Gasteiger partial charge in [0.1, 0.15) is 0 Å². The number of methoxy groups -OCH3 is 1. The minimum Gasteiger partial charge on any atom is -0.464 e. The van der Waals surface area contributed by atoms with Crippen molar-refractivity contribution in [2.75, 3.05) is 7.11 Å². The maximum atomic E-state index is 11.5. The third-order valence-corrected chi connectivity index (χ3v) is 2.57. The molecule has 0 saturated carbocycles. The number of carbonyl (C=O) groups is 1. The third kappa shape index (κ3) is 2.06. The molecule has 0 unspecified atom stereocenters. The molecule has 0 aliphatic rings. The summed E-state index contributed by atoms with van der Waals surface area (Å²) in [6, 6.07) is 5.91. The van der Waals surface area contributed by atoms with Gasteiger partial charge in [-0.25, -0.2) is 9.78 Å². The van der Waals surface area contributed by atoms with Crippen molar-refractivity contribution in [2.24, 2.45) is 0 Å². The van der Waals surface area contributed by atoms with E-state index < -0.39 is 5.97 Å². The molecule has 2 rings (SSSR count). The van der Waals surface area contributed by atoms with E-state index in [1.165, 1.54) is 13.5 Å². The van der Waals surface area contributed by atoms with Crippen LogP contribution in [0.25, 0.3) is 11.3 Å². The fourth-order valence-corrected chi connectivity index (χ4v) is 1.75. The number of ether oxygens (including phenoxy) is 1. The molecular formula is C13H13NO3. The number of nitrogens with zero attached hydrogens (tertiary/aromatic N) is 1. The molecule has 0 saturated heterocycles. The third-order valence-electron chi connectivity index (χ3n) is 2.57. The van der Waals surface area contributed by atoms with Crippen LogP contribution in [0.2, 0.25) is 0 Å². The van der Waals surface area contributed by atoms with Gasteiger partial charge >= 0.3 is 5.97 Å². The smallest absolute Gasteiger partial charge is 0.360 e. The minimum atomic E-state index is -0.492. The van der Waals surface area contributed by atoms with E-state index in [4.69, 9.17) is 4.42 Å². The van der Waals surface area contributed by atoms with E-state index >= 15 is 0 Å². The number of hydrogen-bond acceptors (Lipinski definition) is 4. The lowest BCUT2D eigenvalue weighted by Gasteiger charge is -2.05. The lowest BCUT2D eigenvalue weighted by molar-refractivity contribution is 0.0595. The van der Waals surface area contributed by atoms with Crippen LogP contribution >= 0.6 is 0 Å². The van der Waals surface area contributed by atoms with Crippen LogP contribution < -0.4 is 0 Å². The van der Waals surface area contributed by atoms with Gasteiger partial charge in [0.25, 0.3) is 0 Å². The highest BCUT2D eigenvalue weighted by atomic mass is 16.5. The van der Waals surface area contributed by atoms with E-state index in [-0.39, 0.29) is 5.69 Å². The molecule has 0 aliphatic heterocycles. The van der Waals surface area contributed by atoms with Crippen LogP contribution in [0.1, 0.15) is 21.6 Å². The normalized spacial score (nSPS) is 10.3. The average Bonchev–Trinajstić information content (AvgIpc) is 2.77. The summed E-state index contributed by atoms with van der Waals surface area (Å²) in [6.07, 6.45) is 1.25.